The van der Waals surface area contributed by atoms with Crippen molar-refractivity contribution in [2.24, 2.45) is 0 Å². The van der Waals surface area contributed by atoms with Gasteiger partial charge in [-0.2, -0.15) is 0 Å². The number of carbonyl (C=O) groups excluding carboxylic acids is 1. The van der Waals surface area contributed by atoms with E-state index in [0.717, 1.165) is 17.8 Å². The Hall–Kier alpha value is -3.62. The molecule has 0 saturated heterocycles. The zero-order valence-corrected chi connectivity index (χ0v) is 14.1. The molecular formula is C18H16F2N6O. The number of nitrogens with zero attached hydrogens (tertiary/aromatic N) is 3. The third kappa shape index (κ3) is 5.18. The Labute approximate surface area is 153 Å². The van der Waals surface area contributed by atoms with E-state index >= 15 is 0 Å². The Kier molecular flexibility index (Phi) is 5.83. The number of carbonyl (C=O) groups is 1. The van der Waals surface area contributed by atoms with Crippen molar-refractivity contribution in [1.82, 2.24) is 20.5 Å². The second-order valence-corrected chi connectivity index (χ2v) is 5.48. The van der Waals surface area contributed by atoms with Gasteiger partial charge in [-0.3, -0.25) is 9.78 Å². The van der Waals surface area contributed by atoms with Gasteiger partial charge in [0.15, 0.2) is 17.5 Å². The summed E-state index contributed by atoms with van der Waals surface area (Å²) < 4.78 is 26.0. The van der Waals surface area contributed by atoms with E-state index in [0.29, 0.717) is 18.2 Å². The van der Waals surface area contributed by atoms with Crippen molar-refractivity contribution in [1.29, 1.82) is 0 Å². The van der Waals surface area contributed by atoms with E-state index in [4.69, 9.17) is 0 Å². The van der Waals surface area contributed by atoms with Crippen molar-refractivity contribution < 1.29 is 13.6 Å². The van der Waals surface area contributed by atoms with E-state index in [1.165, 1.54) is 6.07 Å². The van der Waals surface area contributed by atoms with Crippen molar-refractivity contribution in [2.75, 3.05) is 23.7 Å². The fourth-order valence-electron chi connectivity index (χ4n) is 2.18. The SMILES string of the molecule is O=C(NCCNc1ccc(Nc2ccncc2)nn1)c1ccc(F)c(F)c1. The van der Waals surface area contributed by atoms with Crippen molar-refractivity contribution in [2.45, 2.75) is 0 Å². The van der Waals surface area contributed by atoms with E-state index in [1.54, 1.807) is 24.5 Å². The molecule has 9 heteroatoms. The molecule has 1 amide bonds. The summed E-state index contributed by atoms with van der Waals surface area (Å²) in [6.45, 7) is 0.664. The smallest absolute Gasteiger partial charge is 0.251 e. The number of benzene rings is 1. The van der Waals surface area contributed by atoms with Crippen LogP contribution < -0.4 is 16.0 Å². The van der Waals surface area contributed by atoms with Crippen LogP contribution in [0.4, 0.5) is 26.1 Å². The van der Waals surface area contributed by atoms with E-state index < -0.39 is 17.5 Å². The highest BCUT2D eigenvalue weighted by atomic mass is 19.2. The molecule has 0 unspecified atom stereocenters. The van der Waals surface area contributed by atoms with Gasteiger partial charge in [-0.25, -0.2) is 8.78 Å². The number of halogens is 2. The van der Waals surface area contributed by atoms with Crippen LogP contribution >= 0.6 is 0 Å². The number of hydrogen-bond donors (Lipinski definition) is 3. The molecule has 7 nitrogen and oxygen atoms in total. The van der Waals surface area contributed by atoms with E-state index in [9.17, 15) is 13.6 Å². The molecule has 0 spiro atoms. The molecule has 3 rings (SSSR count). The molecule has 0 aliphatic rings. The first-order chi connectivity index (χ1) is 13.1. The maximum atomic E-state index is 13.1. The van der Waals surface area contributed by atoms with Gasteiger partial charge < -0.3 is 16.0 Å². The first-order valence-electron chi connectivity index (χ1n) is 8.10. The number of pyridine rings is 1. The minimum atomic E-state index is -1.06. The zero-order chi connectivity index (χ0) is 19.1. The molecular weight excluding hydrogens is 354 g/mol. The summed E-state index contributed by atoms with van der Waals surface area (Å²) in [5.74, 6) is -1.42. The fraction of sp³-hybridized carbons (Fsp3) is 0.111. The number of anilines is 3. The first-order valence-corrected chi connectivity index (χ1v) is 8.10. The topological polar surface area (TPSA) is 91.8 Å². The fourth-order valence-corrected chi connectivity index (χ4v) is 2.18. The number of nitrogens with one attached hydrogen (secondary N) is 3. The van der Waals surface area contributed by atoms with Gasteiger partial charge in [-0.15, -0.1) is 10.2 Å². The third-order valence-electron chi connectivity index (χ3n) is 3.52. The van der Waals surface area contributed by atoms with Crippen LogP contribution in [0.15, 0.2) is 54.9 Å². The molecule has 0 atom stereocenters. The number of aromatic nitrogens is 3. The molecule has 138 valence electrons. The van der Waals surface area contributed by atoms with E-state index in [-0.39, 0.29) is 12.1 Å². The average Bonchev–Trinajstić information content (AvgIpc) is 2.69. The Morgan fingerprint density at radius 1 is 0.889 bits per heavy atom. The predicted molar refractivity (Wildman–Crippen MR) is 96.7 cm³/mol. The molecule has 2 aromatic heterocycles. The summed E-state index contributed by atoms with van der Waals surface area (Å²) in [7, 11) is 0. The summed E-state index contributed by atoms with van der Waals surface area (Å²) >= 11 is 0. The Morgan fingerprint density at radius 2 is 1.63 bits per heavy atom. The number of hydrogen-bond acceptors (Lipinski definition) is 6. The lowest BCUT2D eigenvalue weighted by atomic mass is 10.2. The highest BCUT2D eigenvalue weighted by Gasteiger charge is 2.09. The molecule has 0 radical (unpaired) electrons. The normalized spacial score (nSPS) is 10.3. The lowest BCUT2D eigenvalue weighted by molar-refractivity contribution is 0.0954. The average molecular weight is 370 g/mol. The van der Waals surface area contributed by atoms with Crippen LogP contribution in [0, 0.1) is 11.6 Å². The molecule has 3 N–H and O–H groups in total. The van der Waals surface area contributed by atoms with Gasteiger partial charge in [0.05, 0.1) is 0 Å². The van der Waals surface area contributed by atoms with Crippen LogP contribution in [0.3, 0.4) is 0 Å². The van der Waals surface area contributed by atoms with Gasteiger partial charge in [0.25, 0.3) is 5.91 Å². The van der Waals surface area contributed by atoms with Crippen LogP contribution in [0.25, 0.3) is 0 Å². The molecule has 1 aromatic carbocycles. The van der Waals surface area contributed by atoms with E-state index in [2.05, 4.69) is 31.1 Å². The number of rotatable bonds is 7. The Balaban J connectivity index is 1.43. The predicted octanol–water partition coefficient (Wildman–Crippen LogP) is 2.74. The summed E-state index contributed by atoms with van der Waals surface area (Å²) in [4.78, 5) is 15.8. The second kappa shape index (κ2) is 8.65. The van der Waals surface area contributed by atoms with Crippen molar-refractivity contribution in [3.05, 3.63) is 72.1 Å². The summed E-state index contributed by atoms with van der Waals surface area (Å²) in [6, 6.07) is 10.1. The standard InChI is InChI=1S/C18H16F2N6O/c19-14-2-1-12(11-15(14)20)18(27)23-10-9-22-16-3-4-17(26-25-16)24-13-5-7-21-8-6-13/h1-8,11H,9-10H2,(H,22,25)(H,23,27)(H,21,24,26). The van der Waals surface area contributed by atoms with Crippen LogP contribution in [-0.4, -0.2) is 34.2 Å². The minimum absolute atomic E-state index is 0.0558. The quantitative estimate of drug-likeness (QED) is 0.554. The van der Waals surface area contributed by atoms with Crippen molar-refractivity contribution in [3.8, 4) is 0 Å². The Morgan fingerprint density at radius 3 is 2.33 bits per heavy atom. The van der Waals surface area contributed by atoms with Crippen molar-refractivity contribution in [3.63, 3.8) is 0 Å². The van der Waals surface area contributed by atoms with Crippen LogP contribution in [0.5, 0.6) is 0 Å². The van der Waals surface area contributed by atoms with Gasteiger partial charge in [-0.05, 0) is 42.5 Å². The molecule has 0 aliphatic carbocycles. The maximum Gasteiger partial charge on any atom is 0.251 e. The summed E-state index contributed by atoms with van der Waals surface area (Å²) in [6.07, 6.45) is 3.33. The zero-order valence-electron chi connectivity index (χ0n) is 14.1. The summed E-state index contributed by atoms with van der Waals surface area (Å²) in [5.41, 5.74) is 0.903. The van der Waals surface area contributed by atoms with Gasteiger partial charge in [0.2, 0.25) is 0 Å². The van der Waals surface area contributed by atoms with Crippen LogP contribution in [-0.2, 0) is 0 Å². The lowest BCUT2D eigenvalue weighted by Gasteiger charge is -2.08. The molecule has 0 fully saturated rings. The maximum absolute atomic E-state index is 13.1. The molecule has 0 saturated carbocycles. The molecule has 27 heavy (non-hydrogen) atoms. The van der Waals surface area contributed by atoms with Gasteiger partial charge in [-0.1, -0.05) is 0 Å². The first kappa shape index (κ1) is 18.2. The van der Waals surface area contributed by atoms with E-state index in [1.807, 2.05) is 12.1 Å². The minimum Gasteiger partial charge on any atom is -0.367 e. The highest BCUT2D eigenvalue weighted by Crippen LogP contribution is 2.13. The molecule has 0 aliphatic heterocycles. The molecule has 0 bridgehead atoms. The van der Waals surface area contributed by atoms with Crippen LogP contribution in [0.2, 0.25) is 0 Å². The Bertz CT molecular complexity index is 905. The largest absolute Gasteiger partial charge is 0.367 e. The third-order valence-corrected chi connectivity index (χ3v) is 3.52. The molecule has 3 aromatic rings. The van der Waals surface area contributed by atoms with Crippen molar-refractivity contribution >= 4 is 23.2 Å². The second-order valence-electron chi connectivity index (χ2n) is 5.48. The van der Waals surface area contributed by atoms with Gasteiger partial charge >= 0.3 is 0 Å². The molecule has 2 heterocycles. The summed E-state index contributed by atoms with van der Waals surface area (Å²) in [5, 5.41) is 16.8. The number of amides is 1. The monoisotopic (exact) mass is 370 g/mol. The van der Waals surface area contributed by atoms with Gasteiger partial charge in [0, 0.05) is 36.7 Å². The van der Waals surface area contributed by atoms with Gasteiger partial charge in [0.1, 0.15) is 5.82 Å². The lowest BCUT2D eigenvalue weighted by Crippen LogP contribution is -2.29. The van der Waals surface area contributed by atoms with Crippen LogP contribution in [0.1, 0.15) is 10.4 Å². The highest BCUT2D eigenvalue weighted by molar-refractivity contribution is 5.94.